The predicted molar refractivity (Wildman–Crippen MR) is 356 cm³/mol. The van der Waals surface area contributed by atoms with Gasteiger partial charge in [-0.25, -0.2) is 0 Å². The lowest BCUT2D eigenvalue weighted by molar-refractivity contribution is -0.144. The van der Waals surface area contributed by atoms with Gasteiger partial charge in [-0.2, -0.15) is 11.8 Å². The molecule has 2 aliphatic heterocycles. The summed E-state index contributed by atoms with van der Waals surface area (Å²) in [6, 6.07) is 4.51. The van der Waals surface area contributed by atoms with Gasteiger partial charge < -0.3 is 92.5 Å². The number of carbonyl (C=O) groups is 13. The first kappa shape index (κ1) is 78.5. The number of nitrogens with zero attached hydrogens (tertiary/aromatic N) is 3. The molecule has 2 saturated heterocycles. The Labute approximate surface area is 558 Å². The van der Waals surface area contributed by atoms with Crippen LogP contribution >= 0.6 is 11.8 Å². The summed E-state index contributed by atoms with van der Waals surface area (Å²) in [5, 5.41) is 21.1. The van der Waals surface area contributed by atoms with Gasteiger partial charge in [0.25, 0.3) is 0 Å². The van der Waals surface area contributed by atoms with Crippen molar-refractivity contribution in [2.75, 3.05) is 44.7 Å². The molecule has 2 aromatic rings. The summed E-state index contributed by atoms with van der Waals surface area (Å²) in [5.74, 6) is -9.80. The Hall–Kier alpha value is -8.91. The lowest BCUT2D eigenvalue weighted by atomic mass is 10.0. The Morgan fingerprint density at radius 2 is 1.01 bits per heavy atom. The first-order valence-electron chi connectivity index (χ1n) is 32.2. The Morgan fingerprint density at radius 3 is 1.51 bits per heavy atom. The van der Waals surface area contributed by atoms with E-state index in [9.17, 15) is 62.3 Å². The van der Waals surface area contributed by atoms with Crippen LogP contribution in [0.2, 0.25) is 0 Å². The van der Waals surface area contributed by atoms with Crippen molar-refractivity contribution in [3.63, 3.8) is 0 Å². The number of benzene rings is 2. The van der Waals surface area contributed by atoms with Gasteiger partial charge in [-0.1, -0.05) is 74.5 Å². The third-order valence-electron chi connectivity index (χ3n) is 16.0. The van der Waals surface area contributed by atoms with Gasteiger partial charge in [-0.3, -0.25) is 67.3 Å². The fourth-order valence-corrected chi connectivity index (χ4v) is 11.5. The number of unbranched alkanes of at least 4 members (excludes halogenated alkanes) is 1. The highest BCUT2D eigenvalue weighted by atomic mass is 32.2. The van der Waals surface area contributed by atoms with Crippen LogP contribution in [0.5, 0.6) is 0 Å². The molecule has 0 aliphatic carbocycles. The number of guanidine groups is 1. The minimum atomic E-state index is -1.64. The Morgan fingerprint density at radius 1 is 0.537 bits per heavy atom. The molecule has 2 aliphatic rings. The topological polar surface area (TPSA) is 519 Å². The van der Waals surface area contributed by atoms with Gasteiger partial charge in [-0.05, 0) is 119 Å². The molecule has 31 nitrogen and oxygen atoms in total. The van der Waals surface area contributed by atoms with E-state index >= 15 is 0 Å². The number of amides is 13. The number of primary amides is 3. The van der Waals surface area contributed by atoms with E-state index in [1.54, 1.807) is 60.7 Å². The Kier molecular flexibility index (Phi) is 33.9. The molecule has 13 amide bonds. The number of likely N-dealkylation sites (tertiary alicyclic amines) is 2. The number of thioether (sulfide) groups is 1. The average Bonchev–Trinajstić information content (AvgIpc) is 1.74. The fraction of sp³-hybridized carbons (Fsp3) is 0.587. The minimum Gasteiger partial charge on any atom is -0.370 e. The van der Waals surface area contributed by atoms with Gasteiger partial charge in [0.15, 0.2) is 5.96 Å². The van der Waals surface area contributed by atoms with Crippen molar-refractivity contribution in [2.45, 2.75) is 183 Å². The predicted octanol–water partition coefficient (Wildman–Crippen LogP) is -3.71. The van der Waals surface area contributed by atoms with E-state index in [0.29, 0.717) is 55.4 Å². The SMILES string of the molecule is CSCC[C@H](NC(=O)[C@H](CC(C)C)NC(=O)CNC(=O)[C@H](Cc1ccccc1)NC(=O)[C@H](Cc1ccccc1)NC(=O)[C@@H](CCC(N)=O)NC(=O)[C@@H](CCC(N)=O)NC(=O)[C@H]1CCCN1C(=O)[C@@H](CCCCN)NC(=O)[C@H]1CCCN1C(=O)[C@@H](N)CCCN=C(N)N)C(N)=O. The van der Waals surface area contributed by atoms with Crippen molar-refractivity contribution < 1.29 is 62.3 Å². The normalized spacial score (nSPS) is 16.8. The number of aliphatic imine (C=N–C) groups is 1. The van der Waals surface area contributed by atoms with Crippen LogP contribution in [0.1, 0.15) is 121 Å². The number of nitrogens with one attached hydrogen (secondary N) is 8. The summed E-state index contributed by atoms with van der Waals surface area (Å²) in [4.78, 5) is 185. The number of rotatable bonds is 42. The second kappa shape index (κ2) is 41.0. The molecule has 32 heteroatoms. The van der Waals surface area contributed by atoms with Gasteiger partial charge >= 0.3 is 0 Å². The van der Waals surface area contributed by atoms with Gasteiger partial charge in [0.2, 0.25) is 76.8 Å². The van der Waals surface area contributed by atoms with Crippen molar-refractivity contribution in [1.82, 2.24) is 52.3 Å². The van der Waals surface area contributed by atoms with E-state index in [4.69, 9.17) is 40.1 Å². The van der Waals surface area contributed by atoms with E-state index in [2.05, 4.69) is 47.5 Å². The third-order valence-corrected chi connectivity index (χ3v) is 16.7. The summed E-state index contributed by atoms with van der Waals surface area (Å²) >= 11 is 1.45. The molecule has 2 heterocycles. The first-order chi connectivity index (χ1) is 45.2. The fourth-order valence-electron chi connectivity index (χ4n) is 11.0. The van der Waals surface area contributed by atoms with Crippen LogP contribution < -0.4 is 82.7 Å². The Balaban J connectivity index is 1.56. The van der Waals surface area contributed by atoms with Crippen molar-refractivity contribution in [3.05, 3.63) is 71.8 Å². The van der Waals surface area contributed by atoms with Crippen molar-refractivity contribution in [3.8, 4) is 0 Å². The van der Waals surface area contributed by atoms with Gasteiger partial charge in [0, 0.05) is 45.3 Å². The highest BCUT2D eigenvalue weighted by Crippen LogP contribution is 2.24. The summed E-state index contributed by atoms with van der Waals surface area (Å²) in [5.41, 5.74) is 40.6. The molecule has 0 aromatic heterocycles. The summed E-state index contributed by atoms with van der Waals surface area (Å²) in [6.45, 7) is 3.86. The number of hydrogen-bond donors (Lipinski definition) is 15. The van der Waals surface area contributed by atoms with Gasteiger partial charge in [-0.15, -0.1) is 0 Å². The van der Waals surface area contributed by atoms with Gasteiger partial charge in [0.05, 0.1) is 12.6 Å². The minimum absolute atomic E-state index is 0.0736. The monoisotopic (exact) mass is 1350 g/mol. The quantitative estimate of drug-likeness (QED) is 0.0173. The van der Waals surface area contributed by atoms with Crippen LogP contribution in [0.25, 0.3) is 0 Å². The molecule has 10 atom stereocenters. The van der Waals surface area contributed by atoms with Crippen LogP contribution in [0.4, 0.5) is 0 Å². The van der Waals surface area contributed by atoms with E-state index in [1.165, 1.54) is 21.6 Å². The lowest BCUT2D eigenvalue weighted by Crippen LogP contribution is -2.60. The molecular weight excluding hydrogens is 1250 g/mol. The first-order valence-corrected chi connectivity index (χ1v) is 33.6. The van der Waals surface area contributed by atoms with Crippen LogP contribution in [-0.4, -0.2) is 198 Å². The zero-order valence-corrected chi connectivity index (χ0v) is 55.3. The smallest absolute Gasteiger partial charge is 0.245 e. The van der Waals surface area contributed by atoms with Gasteiger partial charge in [0.1, 0.15) is 54.4 Å². The molecule has 4 rings (SSSR count). The molecular formula is C63H98N18O13S. The van der Waals surface area contributed by atoms with Crippen molar-refractivity contribution in [1.29, 1.82) is 0 Å². The molecule has 2 aromatic carbocycles. The molecule has 524 valence electrons. The summed E-state index contributed by atoms with van der Waals surface area (Å²) in [7, 11) is 0. The number of hydrogen-bond acceptors (Lipinski definition) is 17. The maximum absolute atomic E-state index is 14.7. The zero-order valence-electron chi connectivity index (χ0n) is 54.5. The molecule has 95 heavy (non-hydrogen) atoms. The molecule has 0 radical (unpaired) electrons. The van der Waals surface area contributed by atoms with Crippen LogP contribution in [-0.2, 0) is 75.2 Å². The number of nitrogens with two attached hydrogens (primary N) is 7. The van der Waals surface area contributed by atoms with Crippen LogP contribution in [0, 0.1) is 5.92 Å². The maximum atomic E-state index is 14.7. The highest BCUT2D eigenvalue weighted by Gasteiger charge is 2.42. The summed E-state index contributed by atoms with van der Waals surface area (Å²) in [6.07, 6.45) is 3.12. The van der Waals surface area contributed by atoms with E-state index < -0.39 is 169 Å². The van der Waals surface area contributed by atoms with Crippen molar-refractivity contribution in [2.24, 2.45) is 51.0 Å². The second-order valence-corrected chi connectivity index (χ2v) is 25.1. The van der Waals surface area contributed by atoms with E-state index in [-0.39, 0.29) is 83.0 Å². The van der Waals surface area contributed by atoms with E-state index in [1.807, 2.05) is 20.1 Å². The van der Waals surface area contributed by atoms with E-state index in [0.717, 1.165) is 0 Å². The second-order valence-electron chi connectivity index (χ2n) is 24.1. The molecule has 0 spiro atoms. The molecule has 0 unspecified atom stereocenters. The third kappa shape index (κ3) is 27.5. The standard InChI is InChI=1S/C63H98N18O13S/c1-37(2)33-45(57(89)74-41(53(68)85)27-32-95-3)73-52(84)36-72-54(86)46(34-38-15-6-4-7-16-38)78-58(90)47(35-39-17-8-5-9-18-39)79-56(88)42(23-25-50(66)82)75-55(87)43(24-26-51(67)83)76-59(91)49-22-14-31-81(49)62(94)44(20-10-11-28-64)77-60(92)48-21-13-30-80(48)61(93)40(65)19-12-29-71-63(69)70/h4-9,15-18,37,40-49H,10-14,19-36,64-65H2,1-3H3,(H2,66,82)(H2,67,83)(H2,68,85)(H,72,86)(H,73,84)(H,74,89)(H,75,87)(H,76,91)(H,77,92)(H,78,90)(H,79,88)(H4,69,70,71)/t40-,41-,42+,43+,44+,45-,46-,47-,48+,49+/m0/s1. The highest BCUT2D eigenvalue weighted by molar-refractivity contribution is 7.98. The average molecular weight is 1350 g/mol. The Bertz CT molecular complexity index is 2960. The van der Waals surface area contributed by atoms with Crippen LogP contribution in [0.15, 0.2) is 65.7 Å². The molecule has 22 N–H and O–H groups in total. The molecule has 2 fully saturated rings. The maximum Gasteiger partial charge on any atom is 0.245 e. The largest absolute Gasteiger partial charge is 0.370 e. The number of carbonyl (C=O) groups excluding carboxylic acids is 13. The molecule has 0 saturated carbocycles. The lowest BCUT2D eigenvalue weighted by Gasteiger charge is -2.32. The van der Waals surface area contributed by atoms with Crippen LogP contribution in [0.3, 0.4) is 0 Å². The molecule has 0 bridgehead atoms. The van der Waals surface area contributed by atoms with Crippen molar-refractivity contribution >= 4 is 94.5 Å². The zero-order chi connectivity index (χ0) is 70.1. The summed E-state index contributed by atoms with van der Waals surface area (Å²) < 4.78 is 0.